The summed E-state index contributed by atoms with van der Waals surface area (Å²) in [5.74, 6) is 0.0782. The van der Waals surface area contributed by atoms with Crippen molar-refractivity contribution in [3.63, 3.8) is 0 Å². The van der Waals surface area contributed by atoms with Gasteiger partial charge in [0, 0.05) is 16.6 Å². The molecule has 1 aliphatic carbocycles. The summed E-state index contributed by atoms with van der Waals surface area (Å²) in [6, 6.07) is 13.9. The summed E-state index contributed by atoms with van der Waals surface area (Å²) in [6.45, 7) is -0.148. The molecule has 0 saturated heterocycles. The number of hydrogen-bond donors (Lipinski definition) is 1. The molecule has 0 saturated carbocycles. The van der Waals surface area contributed by atoms with Gasteiger partial charge in [-0.15, -0.1) is 11.3 Å². The maximum Gasteiger partial charge on any atom is 0.262 e. The molecule has 1 aliphatic rings. The predicted octanol–water partition coefficient (Wildman–Crippen LogP) is 4.37. The highest BCUT2D eigenvalue weighted by molar-refractivity contribution is 7.17. The normalized spacial score (nSPS) is 12.9. The van der Waals surface area contributed by atoms with Crippen molar-refractivity contribution in [3.05, 3.63) is 87.0 Å². The zero-order chi connectivity index (χ0) is 23.5. The number of halogens is 1. The second-order valence-electron chi connectivity index (χ2n) is 7.96. The first-order valence-corrected chi connectivity index (χ1v) is 11.8. The van der Waals surface area contributed by atoms with E-state index in [1.807, 2.05) is 0 Å². The lowest BCUT2D eigenvalue weighted by Gasteiger charge is -2.13. The number of carbonyl (C=O) groups excluding carboxylic acids is 1. The highest BCUT2D eigenvalue weighted by atomic mass is 32.1. The van der Waals surface area contributed by atoms with E-state index in [0.717, 1.165) is 31.4 Å². The molecule has 2 heterocycles. The zero-order valence-electron chi connectivity index (χ0n) is 18.3. The molecule has 0 bridgehead atoms. The fourth-order valence-corrected chi connectivity index (χ4v) is 5.16. The van der Waals surface area contributed by atoms with E-state index in [1.165, 1.54) is 35.2 Å². The topological polar surface area (TPSA) is 81.9 Å². The van der Waals surface area contributed by atoms with Crippen molar-refractivity contribution < 1.29 is 18.7 Å². The van der Waals surface area contributed by atoms with Gasteiger partial charge >= 0.3 is 0 Å². The fraction of sp³-hybridized carbons (Fsp3) is 0.240. The van der Waals surface area contributed by atoms with Gasteiger partial charge in [-0.25, -0.2) is 9.37 Å². The minimum Gasteiger partial charge on any atom is -0.485 e. The van der Waals surface area contributed by atoms with E-state index < -0.39 is 0 Å². The Labute approximate surface area is 198 Å². The van der Waals surface area contributed by atoms with Crippen LogP contribution in [0.4, 0.5) is 10.1 Å². The first kappa shape index (κ1) is 22.1. The first-order valence-electron chi connectivity index (χ1n) is 11.0. The Morgan fingerprint density at radius 1 is 1.09 bits per heavy atom. The summed E-state index contributed by atoms with van der Waals surface area (Å²) in [7, 11) is 0. The lowest BCUT2D eigenvalue weighted by molar-refractivity contribution is -0.118. The van der Waals surface area contributed by atoms with Crippen LogP contribution < -0.4 is 20.3 Å². The summed E-state index contributed by atoms with van der Waals surface area (Å²) < 4.78 is 26.0. The largest absolute Gasteiger partial charge is 0.485 e. The molecule has 0 fully saturated rings. The minimum atomic E-state index is -0.387. The van der Waals surface area contributed by atoms with Gasteiger partial charge < -0.3 is 14.8 Å². The molecule has 1 N–H and O–H groups in total. The van der Waals surface area contributed by atoms with Gasteiger partial charge in [-0.1, -0.05) is 12.1 Å². The van der Waals surface area contributed by atoms with Gasteiger partial charge in [-0.05, 0) is 62.1 Å². The monoisotopic (exact) mass is 479 g/mol. The Morgan fingerprint density at radius 3 is 2.74 bits per heavy atom. The number of anilines is 1. The van der Waals surface area contributed by atoms with Crippen LogP contribution in [0.2, 0.25) is 0 Å². The summed E-state index contributed by atoms with van der Waals surface area (Å²) in [4.78, 5) is 31.7. The van der Waals surface area contributed by atoms with E-state index in [0.29, 0.717) is 27.8 Å². The van der Waals surface area contributed by atoms with Crippen molar-refractivity contribution in [2.75, 3.05) is 11.9 Å². The van der Waals surface area contributed by atoms with E-state index in [1.54, 1.807) is 40.0 Å². The smallest absolute Gasteiger partial charge is 0.262 e. The standard InChI is InChI=1S/C25H22FN3O4S/c26-16-9-11-18(12-10-16)32-15-23(30)28-19-5-1-3-7-21(19)33-14-17-13-24(31)29-20-6-2-4-8-22(20)34-25(29)27-17/h1,3,5,7,9-13H,2,4,6,8,14-15H2,(H,28,30). The Kier molecular flexibility index (Phi) is 6.27. The van der Waals surface area contributed by atoms with Crippen LogP contribution in [-0.4, -0.2) is 21.9 Å². The quantitative estimate of drug-likeness (QED) is 0.426. The number of benzene rings is 2. The van der Waals surface area contributed by atoms with Gasteiger partial charge in [-0.3, -0.25) is 14.0 Å². The number of hydrogen-bond acceptors (Lipinski definition) is 6. The van der Waals surface area contributed by atoms with Crippen LogP contribution in [0.1, 0.15) is 29.1 Å². The molecule has 34 heavy (non-hydrogen) atoms. The molecule has 0 unspecified atom stereocenters. The lowest BCUT2D eigenvalue weighted by Crippen LogP contribution is -2.21. The summed E-state index contributed by atoms with van der Waals surface area (Å²) in [5, 5.41) is 2.76. The Balaban J connectivity index is 1.26. The maximum absolute atomic E-state index is 13.0. The highest BCUT2D eigenvalue weighted by Crippen LogP contribution is 2.29. The number of nitrogens with one attached hydrogen (secondary N) is 1. The number of rotatable bonds is 7. The Morgan fingerprint density at radius 2 is 1.88 bits per heavy atom. The van der Waals surface area contributed by atoms with Crippen molar-refractivity contribution in [1.82, 2.24) is 9.38 Å². The van der Waals surface area contributed by atoms with Gasteiger partial charge in [0.2, 0.25) is 0 Å². The third-order valence-corrected chi connectivity index (χ3v) is 6.68. The third kappa shape index (κ3) is 4.79. The predicted molar refractivity (Wildman–Crippen MR) is 127 cm³/mol. The molecule has 7 nitrogen and oxygen atoms in total. The molecule has 2 aromatic heterocycles. The summed E-state index contributed by atoms with van der Waals surface area (Å²) >= 11 is 1.57. The highest BCUT2D eigenvalue weighted by Gasteiger charge is 2.18. The number of para-hydroxylation sites is 2. The van der Waals surface area contributed by atoms with Crippen LogP contribution in [-0.2, 0) is 24.2 Å². The molecule has 0 spiro atoms. The van der Waals surface area contributed by atoms with Crippen LogP contribution in [0.3, 0.4) is 0 Å². The number of ether oxygens (including phenoxy) is 2. The Bertz CT molecular complexity index is 1400. The van der Waals surface area contributed by atoms with Crippen LogP contribution in [0.5, 0.6) is 11.5 Å². The van der Waals surface area contributed by atoms with E-state index in [2.05, 4.69) is 10.3 Å². The van der Waals surface area contributed by atoms with E-state index in [4.69, 9.17) is 9.47 Å². The van der Waals surface area contributed by atoms with Gasteiger partial charge in [0.25, 0.3) is 11.5 Å². The second-order valence-corrected chi connectivity index (χ2v) is 9.02. The molecule has 1 amide bonds. The molecule has 9 heteroatoms. The van der Waals surface area contributed by atoms with Gasteiger partial charge in [0.05, 0.1) is 11.4 Å². The maximum atomic E-state index is 13.0. The molecule has 4 aromatic rings. The summed E-state index contributed by atoms with van der Waals surface area (Å²) in [6.07, 6.45) is 4.13. The van der Waals surface area contributed by atoms with Crippen LogP contribution in [0.25, 0.3) is 4.96 Å². The fourth-order valence-electron chi connectivity index (χ4n) is 3.93. The number of aromatic nitrogens is 2. The molecule has 0 atom stereocenters. The molecule has 5 rings (SSSR count). The van der Waals surface area contributed by atoms with Crippen LogP contribution in [0, 0.1) is 5.82 Å². The summed E-state index contributed by atoms with van der Waals surface area (Å²) in [5.41, 5.74) is 2.00. The van der Waals surface area contributed by atoms with Crippen molar-refractivity contribution >= 4 is 27.9 Å². The average Bonchev–Trinajstić information content (AvgIpc) is 3.22. The number of aryl methyl sites for hydroxylation is 2. The van der Waals surface area contributed by atoms with E-state index in [9.17, 15) is 14.0 Å². The van der Waals surface area contributed by atoms with Gasteiger partial charge in [-0.2, -0.15) is 0 Å². The average molecular weight is 480 g/mol. The van der Waals surface area contributed by atoms with Crippen LogP contribution in [0.15, 0.2) is 59.4 Å². The van der Waals surface area contributed by atoms with Crippen molar-refractivity contribution in [1.29, 1.82) is 0 Å². The number of thiazole rings is 1. The van der Waals surface area contributed by atoms with Crippen molar-refractivity contribution in [3.8, 4) is 11.5 Å². The van der Waals surface area contributed by atoms with E-state index in [-0.39, 0.29) is 30.5 Å². The molecule has 0 radical (unpaired) electrons. The molecular formula is C25H22FN3O4S. The van der Waals surface area contributed by atoms with Crippen molar-refractivity contribution in [2.24, 2.45) is 0 Å². The number of carbonyl (C=O) groups is 1. The van der Waals surface area contributed by atoms with E-state index >= 15 is 0 Å². The second kappa shape index (κ2) is 9.64. The molecule has 2 aromatic carbocycles. The van der Waals surface area contributed by atoms with Gasteiger partial charge in [0.1, 0.15) is 23.9 Å². The van der Waals surface area contributed by atoms with Crippen LogP contribution >= 0.6 is 11.3 Å². The number of nitrogens with zero attached hydrogens (tertiary/aromatic N) is 2. The van der Waals surface area contributed by atoms with Crippen molar-refractivity contribution in [2.45, 2.75) is 32.3 Å². The number of amides is 1. The SMILES string of the molecule is O=C(COc1ccc(F)cc1)Nc1ccccc1OCc1cc(=O)n2c3c(sc2n1)CCCC3. The Hall–Kier alpha value is -3.72. The third-order valence-electron chi connectivity index (χ3n) is 5.53. The lowest BCUT2D eigenvalue weighted by atomic mass is 10.0. The molecule has 0 aliphatic heterocycles. The zero-order valence-corrected chi connectivity index (χ0v) is 19.1. The molecule has 174 valence electrons. The molecular weight excluding hydrogens is 457 g/mol. The van der Waals surface area contributed by atoms with Gasteiger partial charge in [0.15, 0.2) is 11.6 Å². The number of fused-ring (bicyclic) bond motifs is 3. The first-order chi connectivity index (χ1) is 16.6. The minimum absolute atomic E-state index is 0.0905.